The molecular formula is C17H19BrO5. The van der Waals surface area contributed by atoms with Crippen LogP contribution in [0.2, 0.25) is 0 Å². The van der Waals surface area contributed by atoms with Crippen LogP contribution < -0.4 is 18.9 Å². The van der Waals surface area contributed by atoms with Gasteiger partial charge >= 0.3 is 0 Å². The number of halogens is 1. The van der Waals surface area contributed by atoms with Crippen molar-refractivity contribution in [3.8, 4) is 34.1 Å². The molecule has 0 spiro atoms. The van der Waals surface area contributed by atoms with E-state index in [0.29, 0.717) is 21.7 Å². The molecule has 0 amide bonds. The first-order valence-electron chi connectivity index (χ1n) is 6.86. The topological polar surface area (TPSA) is 46.2 Å². The van der Waals surface area contributed by atoms with Gasteiger partial charge in [-0.05, 0) is 39.7 Å². The Morgan fingerprint density at radius 2 is 1.57 bits per heavy atom. The maximum atomic E-state index is 5.66. The van der Waals surface area contributed by atoms with Crippen LogP contribution in [0.25, 0.3) is 11.1 Å². The van der Waals surface area contributed by atoms with Gasteiger partial charge in [0, 0.05) is 12.7 Å². The molecule has 6 heteroatoms. The first kappa shape index (κ1) is 17.4. The van der Waals surface area contributed by atoms with E-state index in [2.05, 4.69) is 15.9 Å². The molecule has 0 aromatic heterocycles. The zero-order valence-electron chi connectivity index (χ0n) is 13.5. The second-order valence-corrected chi connectivity index (χ2v) is 5.38. The highest BCUT2D eigenvalue weighted by Gasteiger charge is 2.20. The van der Waals surface area contributed by atoms with Gasteiger partial charge in [-0.2, -0.15) is 0 Å². The van der Waals surface area contributed by atoms with Gasteiger partial charge in [0.1, 0.15) is 16.0 Å². The van der Waals surface area contributed by atoms with Crippen LogP contribution in [0.3, 0.4) is 0 Å². The molecule has 23 heavy (non-hydrogen) atoms. The number of benzene rings is 2. The second-order valence-electron chi connectivity index (χ2n) is 4.58. The highest BCUT2D eigenvalue weighted by Crippen LogP contribution is 2.48. The summed E-state index contributed by atoms with van der Waals surface area (Å²) in [5, 5.41) is 0. The van der Waals surface area contributed by atoms with E-state index in [-0.39, 0.29) is 6.79 Å². The van der Waals surface area contributed by atoms with E-state index >= 15 is 0 Å². The molecule has 0 unspecified atom stereocenters. The molecule has 0 bridgehead atoms. The van der Waals surface area contributed by atoms with E-state index in [1.165, 1.54) is 0 Å². The van der Waals surface area contributed by atoms with Crippen molar-refractivity contribution in [1.82, 2.24) is 0 Å². The summed E-state index contributed by atoms with van der Waals surface area (Å²) in [6.45, 7) is 0.101. The van der Waals surface area contributed by atoms with Crippen molar-refractivity contribution in [1.29, 1.82) is 0 Å². The number of methoxy groups -OCH3 is 4. The van der Waals surface area contributed by atoms with Gasteiger partial charge in [-0.1, -0.05) is 12.1 Å². The Morgan fingerprint density at radius 3 is 2.09 bits per heavy atom. The summed E-state index contributed by atoms with van der Waals surface area (Å²) in [6.07, 6.45) is 0. The molecule has 0 heterocycles. The molecule has 0 aliphatic carbocycles. The van der Waals surface area contributed by atoms with E-state index in [0.717, 1.165) is 16.9 Å². The summed E-state index contributed by atoms with van der Waals surface area (Å²) in [4.78, 5) is 0. The van der Waals surface area contributed by atoms with Gasteiger partial charge in [0.25, 0.3) is 0 Å². The average Bonchev–Trinajstić information content (AvgIpc) is 2.60. The maximum Gasteiger partial charge on any atom is 0.188 e. The summed E-state index contributed by atoms with van der Waals surface area (Å²) >= 11 is 3.49. The Kier molecular flexibility index (Phi) is 6.12. The van der Waals surface area contributed by atoms with Gasteiger partial charge in [-0.3, -0.25) is 0 Å². The standard InChI is InChI=1S/C17H19BrO5/c1-19-10-23-17-15(18)14(21-3)9-13(16(17)22-4)11-5-7-12(20-2)8-6-11/h5-9H,10H2,1-4H3. The Balaban J connectivity index is 2.60. The van der Waals surface area contributed by atoms with Crippen LogP contribution in [0.5, 0.6) is 23.0 Å². The van der Waals surface area contributed by atoms with Gasteiger partial charge in [0.05, 0.1) is 21.3 Å². The molecule has 2 rings (SSSR count). The highest BCUT2D eigenvalue weighted by atomic mass is 79.9. The average molecular weight is 383 g/mol. The number of rotatable bonds is 7. The SMILES string of the molecule is COCOc1c(Br)c(OC)cc(-c2ccc(OC)cc2)c1OC. The quantitative estimate of drug-likeness (QED) is 0.673. The lowest BCUT2D eigenvalue weighted by atomic mass is 10.0. The molecule has 0 atom stereocenters. The fourth-order valence-corrected chi connectivity index (χ4v) is 2.75. The zero-order chi connectivity index (χ0) is 16.8. The van der Waals surface area contributed by atoms with Gasteiger partial charge in [0.15, 0.2) is 18.3 Å². The molecule has 0 N–H and O–H groups in total. The summed E-state index contributed by atoms with van der Waals surface area (Å²) in [5.41, 5.74) is 1.80. The number of hydrogen-bond acceptors (Lipinski definition) is 5. The minimum Gasteiger partial charge on any atom is -0.497 e. The van der Waals surface area contributed by atoms with Gasteiger partial charge in [-0.15, -0.1) is 0 Å². The van der Waals surface area contributed by atoms with Crippen LogP contribution in [0.1, 0.15) is 0 Å². The molecule has 0 saturated carbocycles. The molecule has 0 aliphatic heterocycles. The Hall–Kier alpha value is -1.92. The van der Waals surface area contributed by atoms with Crippen molar-refractivity contribution in [3.05, 3.63) is 34.8 Å². The van der Waals surface area contributed by atoms with Crippen molar-refractivity contribution >= 4 is 15.9 Å². The van der Waals surface area contributed by atoms with Crippen LogP contribution in [0, 0.1) is 0 Å². The van der Waals surface area contributed by atoms with Crippen LogP contribution in [0.15, 0.2) is 34.8 Å². The van der Waals surface area contributed by atoms with Crippen molar-refractivity contribution < 1.29 is 23.7 Å². The predicted molar refractivity (Wildman–Crippen MR) is 91.7 cm³/mol. The summed E-state index contributed by atoms with van der Waals surface area (Å²) < 4.78 is 27.5. The van der Waals surface area contributed by atoms with E-state index < -0.39 is 0 Å². The first-order chi connectivity index (χ1) is 11.2. The first-order valence-corrected chi connectivity index (χ1v) is 7.66. The number of ether oxygens (including phenoxy) is 5. The van der Waals surface area contributed by atoms with Gasteiger partial charge in [0.2, 0.25) is 0 Å². The lowest BCUT2D eigenvalue weighted by Gasteiger charge is -2.18. The third-order valence-corrected chi connectivity index (χ3v) is 4.04. The third-order valence-electron chi connectivity index (χ3n) is 3.29. The molecule has 5 nitrogen and oxygen atoms in total. The number of hydrogen-bond donors (Lipinski definition) is 0. The van der Waals surface area contributed by atoms with E-state index in [4.69, 9.17) is 23.7 Å². The van der Waals surface area contributed by atoms with Crippen LogP contribution in [-0.2, 0) is 4.74 Å². The fourth-order valence-electron chi connectivity index (χ4n) is 2.18. The lowest BCUT2D eigenvalue weighted by molar-refractivity contribution is 0.0485. The van der Waals surface area contributed by atoms with Gasteiger partial charge < -0.3 is 23.7 Å². The van der Waals surface area contributed by atoms with Crippen LogP contribution in [0.4, 0.5) is 0 Å². The Bertz CT molecular complexity index is 655. The molecule has 2 aromatic rings. The Morgan fingerprint density at radius 1 is 0.870 bits per heavy atom. The third kappa shape index (κ3) is 3.71. The predicted octanol–water partition coefficient (Wildman–Crippen LogP) is 4.12. The molecule has 0 saturated heterocycles. The van der Waals surface area contributed by atoms with Crippen molar-refractivity contribution in [2.24, 2.45) is 0 Å². The van der Waals surface area contributed by atoms with Crippen molar-refractivity contribution in [3.63, 3.8) is 0 Å². The monoisotopic (exact) mass is 382 g/mol. The van der Waals surface area contributed by atoms with E-state index in [9.17, 15) is 0 Å². The Labute approximate surface area is 144 Å². The van der Waals surface area contributed by atoms with Crippen molar-refractivity contribution in [2.75, 3.05) is 35.2 Å². The molecule has 124 valence electrons. The van der Waals surface area contributed by atoms with E-state index in [1.807, 2.05) is 30.3 Å². The minimum atomic E-state index is 0.101. The maximum absolute atomic E-state index is 5.66. The largest absolute Gasteiger partial charge is 0.497 e. The lowest BCUT2D eigenvalue weighted by Crippen LogP contribution is -2.03. The minimum absolute atomic E-state index is 0.101. The molecule has 0 aliphatic rings. The van der Waals surface area contributed by atoms with Crippen LogP contribution >= 0.6 is 15.9 Å². The normalized spacial score (nSPS) is 10.3. The zero-order valence-corrected chi connectivity index (χ0v) is 15.1. The molecular weight excluding hydrogens is 364 g/mol. The van der Waals surface area contributed by atoms with E-state index in [1.54, 1.807) is 28.4 Å². The fraction of sp³-hybridized carbons (Fsp3) is 0.294. The van der Waals surface area contributed by atoms with Gasteiger partial charge in [-0.25, -0.2) is 0 Å². The highest BCUT2D eigenvalue weighted by molar-refractivity contribution is 9.10. The molecule has 2 aromatic carbocycles. The summed E-state index contributed by atoms with van der Waals surface area (Å²) in [5.74, 6) is 2.55. The van der Waals surface area contributed by atoms with Crippen LogP contribution in [-0.4, -0.2) is 35.2 Å². The van der Waals surface area contributed by atoms with Crippen molar-refractivity contribution in [2.45, 2.75) is 0 Å². The smallest absolute Gasteiger partial charge is 0.188 e. The molecule has 0 fully saturated rings. The summed E-state index contributed by atoms with van der Waals surface area (Å²) in [6, 6.07) is 9.57. The second kappa shape index (κ2) is 8.08. The molecule has 0 radical (unpaired) electrons. The summed E-state index contributed by atoms with van der Waals surface area (Å²) in [7, 11) is 6.39.